The summed E-state index contributed by atoms with van der Waals surface area (Å²) in [5.41, 5.74) is 2.29. The van der Waals surface area contributed by atoms with Crippen molar-refractivity contribution in [2.75, 3.05) is 19.7 Å². The second-order valence-electron chi connectivity index (χ2n) is 6.79. The fraction of sp³-hybridized carbons (Fsp3) is 0.318. The average Bonchev–Trinajstić information content (AvgIpc) is 3.13. The zero-order valence-electron chi connectivity index (χ0n) is 15.5. The molecule has 3 aromatic rings. The molecule has 1 N–H and O–H groups in total. The van der Waals surface area contributed by atoms with Crippen LogP contribution in [0.15, 0.2) is 54.7 Å². The summed E-state index contributed by atoms with van der Waals surface area (Å²) in [6.45, 7) is 3.66. The van der Waals surface area contributed by atoms with Crippen LogP contribution in [0.4, 0.5) is 0 Å². The number of hydrogen-bond donors (Lipinski definition) is 1. The number of para-hydroxylation sites is 3. The number of carbonyl (C=O) groups is 1. The van der Waals surface area contributed by atoms with Crippen molar-refractivity contribution in [1.82, 2.24) is 9.88 Å². The van der Waals surface area contributed by atoms with Crippen LogP contribution in [-0.2, 0) is 11.2 Å². The van der Waals surface area contributed by atoms with Crippen molar-refractivity contribution in [1.29, 1.82) is 0 Å². The predicted molar refractivity (Wildman–Crippen MR) is 105 cm³/mol. The highest BCUT2D eigenvalue weighted by Crippen LogP contribution is 2.31. The molecule has 1 amide bonds. The van der Waals surface area contributed by atoms with Gasteiger partial charge in [0.2, 0.25) is 5.91 Å². The standard InChI is InChI=1S/C22H24N2O3/c1-2-24(14-17-15-26-20-9-5-6-10-21(20)27-17)22(25)12-11-16-13-23-19-8-4-3-7-18(16)19/h3-10,13,17,23H,2,11-12,14-15H2,1H3. The van der Waals surface area contributed by atoms with E-state index in [-0.39, 0.29) is 12.0 Å². The van der Waals surface area contributed by atoms with Crippen molar-refractivity contribution >= 4 is 16.8 Å². The Morgan fingerprint density at radius 2 is 1.93 bits per heavy atom. The van der Waals surface area contributed by atoms with Gasteiger partial charge in [-0.15, -0.1) is 0 Å². The number of amides is 1. The van der Waals surface area contributed by atoms with Crippen molar-refractivity contribution in [2.24, 2.45) is 0 Å². The highest BCUT2D eigenvalue weighted by molar-refractivity contribution is 5.84. The first kappa shape index (κ1) is 17.5. The van der Waals surface area contributed by atoms with Gasteiger partial charge >= 0.3 is 0 Å². The molecule has 2 heterocycles. The lowest BCUT2D eigenvalue weighted by Gasteiger charge is -2.31. The van der Waals surface area contributed by atoms with E-state index in [1.165, 1.54) is 10.9 Å². The quantitative estimate of drug-likeness (QED) is 0.724. The number of hydrogen-bond acceptors (Lipinski definition) is 3. The second-order valence-corrected chi connectivity index (χ2v) is 6.79. The zero-order valence-corrected chi connectivity index (χ0v) is 15.5. The summed E-state index contributed by atoms with van der Waals surface area (Å²) in [5.74, 6) is 1.66. The minimum Gasteiger partial charge on any atom is -0.486 e. The molecular formula is C22H24N2O3. The molecule has 5 heteroatoms. The summed E-state index contributed by atoms with van der Waals surface area (Å²) < 4.78 is 11.8. The minimum absolute atomic E-state index is 0.142. The summed E-state index contributed by atoms with van der Waals surface area (Å²) in [4.78, 5) is 17.9. The molecule has 0 saturated carbocycles. The molecule has 0 fully saturated rings. The van der Waals surface area contributed by atoms with Crippen LogP contribution in [0.3, 0.4) is 0 Å². The molecule has 1 atom stereocenters. The van der Waals surface area contributed by atoms with Crippen molar-refractivity contribution < 1.29 is 14.3 Å². The molecule has 4 rings (SSSR count). The molecule has 2 aromatic carbocycles. The number of ether oxygens (including phenoxy) is 2. The van der Waals surface area contributed by atoms with E-state index < -0.39 is 0 Å². The number of rotatable bonds is 6. The Balaban J connectivity index is 1.36. The van der Waals surface area contributed by atoms with Gasteiger partial charge in [-0.3, -0.25) is 4.79 Å². The van der Waals surface area contributed by atoms with Gasteiger partial charge in [0.1, 0.15) is 6.61 Å². The molecular weight excluding hydrogens is 340 g/mol. The second kappa shape index (κ2) is 7.74. The monoisotopic (exact) mass is 364 g/mol. The number of H-pyrrole nitrogens is 1. The number of aromatic nitrogens is 1. The van der Waals surface area contributed by atoms with E-state index in [4.69, 9.17) is 9.47 Å². The molecule has 1 aromatic heterocycles. The van der Waals surface area contributed by atoms with Gasteiger partial charge < -0.3 is 19.4 Å². The third-order valence-electron chi connectivity index (χ3n) is 5.01. The van der Waals surface area contributed by atoms with Gasteiger partial charge in [0.15, 0.2) is 17.6 Å². The van der Waals surface area contributed by atoms with Crippen LogP contribution >= 0.6 is 0 Å². The van der Waals surface area contributed by atoms with Crippen LogP contribution in [0.2, 0.25) is 0 Å². The van der Waals surface area contributed by atoms with Crippen LogP contribution in [-0.4, -0.2) is 41.6 Å². The summed E-state index contributed by atoms with van der Waals surface area (Å²) in [7, 11) is 0. The van der Waals surface area contributed by atoms with E-state index in [0.717, 1.165) is 23.4 Å². The van der Waals surface area contributed by atoms with Gasteiger partial charge in [-0.1, -0.05) is 30.3 Å². The maximum absolute atomic E-state index is 12.7. The van der Waals surface area contributed by atoms with Gasteiger partial charge in [-0.05, 0) is 37.1 Å². The van der Waals surface area contributed by atoms with Crippen molar-refractivity contribution in [3.8, 4) is 11.5 Å². The molecule has 1 aliphatic rings. The summed E-state index contributed by atoms with van der Waals surface area (Å²) >= 11 is 0. The predicted octanol–water partition coefficient (Wildman–Crippen LogP) is 3.79. The van der Waals surface area contributed by atoms with Crippen molar-refractivity contribution in [3.63, 3.8) is 0 Å². The zero-order chi connectivity index (χ0) is 18.6. The van der Waals surface area contributed by atoms with Crippen LogP contribution in [0.5, 0.6) is 11.5 Å². The highest BCUT2D eigenvalue weighted by atomic mass is 16.6. The molecule has 1 aliphatic heterocycles. The van der Waals surface area contributed by atoms with Crippen molar-refractivity contribution in [2.45, 2.75) is 25.9 Å². The number of nitrogens with zero attached hydrogens (tertiary/aromatic N) is 1. The molecule has 5 nitrogen and oxygen atoms in total. The summed E-state index contributed by atoms with van der Waals surface area (Å²) in [5, 5.41) is 1.19. The third kappa shape index (κ3) is 3.77. The molecule has 0 radical (unpaired) electrons. The van der Waals surface area contributed by atoms with E-state index in [1.54, 1.807) is 0 Å². The number of carbonyl (C=O) groups excluding carboxylic acids is 1. The molecule has 0 bridgehead atoms. The van der Waals surface area contributed by atoms with E-state index in [2.05, 4.69) is 17.1 Å². The highest BCUT2D eigenvalue weighted by Gasteiger charge is 2.24. The molecule has 0 saturated heterocycles. The SMILES string of the molecule is CCN(CC1COc2ccccc2O1)C(=O)CCc1c[nH]c2ccccc12. The van der Waals surface area contributed by atoms with Crippen LogP contribution in [0, 0.1) is 0 Å². The lowest BCUT2D eigenvalue weighted by molar-refractivity contribution is -0.132. The topological polar surface area (TPSA) is 54.6 Å². The van der Waals surface area contributed by atoms with Gasteiger partial charge in [0.05, 0.1) is 6.54 Å². The fourth-order valence-corrected chi connectivity index (χ4v) is 3.54. The van der Waals surface area contributed by atoms with Crippen molar-refractivity contribution in [3.05, 3.63) is 60.3 Å². The molecule has 0 aliphatic carbocycles. The van der Waals surface area contributed by atoms with Gasteiger partial charge in [-0.25, -0.2) is 0 Å². The molecule has 1 unspecified atom stereocenters. The number of nitrogens with one attached hydrogen (secondary N) is 1. The molecule has 27 heavy (non-hydrogen) atoms. The smallest absolute Gasteiger partial charge is 0.223 e. The minimum atomic E-state index is -0.142. The number of aromatic amines is 1. The summed E-state index contributed by atoms with van der Waals surface area (Å²) in [6.07, 6.45) is 3.07. The average molecular weight is 364 g/mol. The largest absolute Gasteiger partial charge is 0.486 e. The van der Waals surface area contributed by atoms with Gasteiger partial charge in [0.25, 0.3) is 0 Å². The molecule has 0 spiro atoms. The first-order chi connectivity index (χ1) is 13.2. The third-order valence-corrected chi connectivity index (χ3v) is 5.01. The van der Waals surface area contributed by atoms with E-state index in [9.17, 15) is 4.79 Å². The maximum Gasteiger partial charge on any atom is 0.223 e. The first-order valence-electron chi connectivity index (χ1n) is 9.46. The summed E-state index contributed by atoms with van der Waals surface area (Å²) in [6, 6.07) is 15.8. The Morgan fingerprint density at radius 3 is 2.78 bits per heavy atom. The lowest BCUT2D eigenvalue weighted by Crippen LogP contribution is -2.43. The Bertz CT molecular complexity index is 934. The van der Waals surface area contributed by atoms with E-state index in [0.29, 0.717) is 26.1 Å². The van der Waals surface area contributed by atoms with Crippen LogP contribution < -0.4 is 9.47 Å². The normalized spacial score (nSPS) is 15.7. The first-order valence-corrected chi connectivity index (χ1v) is 9.46. The van der Waals surface area contributed by atoms with Crippen LogP contribution in [0.25, 0.3) is 10.9 Å². The Kier molecular flexibility index (Phi) is 5.01. The van der Waals surface area contributed by atoms with Gasteiger partial charge in [0, 0.05) is 30.1 Å². The lowest BCUT2D eigenvalue weighted by atomic mass is 10.1. The number of benzene rings is 2. The maximum atomic E-state index is 12.7. The fourth-order valence-electron chi connectivity index (χ4n) is 3.54. The number of likely N-dealkylation sites (N-methyl/N-ethyl adjacent to an activating group) is 1. The van der Waals surface area contributed by atoms with Crippen LogP contribution in [0.1, 0.15) is 18.9 Å². The van der Waals surface area contributed by atoms with Gasteiger partial charge in [-0.2, -0.15) is 0 Å². The van der Waals surface area contributed by atoms with E-state index in [1.807, 2.05) is 54.4 Å². The van der Waals surface area contributed by atoms with E-state index >= 15 is 0 Å². The number of aryl methyl sites for hydroxylation is 1. The number of fused-ring (bicyclic) bond motifs is 2. The Morgan fingerprint density at radius 1 is 1.15 bits per heavy atom. The molecule has 140 valence electrons. The Labute approximate surface area is 158 Å². The Hall–Kier alpha value is -2.95.